The minimum atomic E-state index is -1.29. The van der Waals surface area contributed by atoms with Crippen LogP contribution in [0.4, 0.5) is 0 Å². The lowest BCUT2D eigenvalue weighted by atomic mass is 9.33. The molecule has 36 heavy (non-hydrogen) atoms. The zero-order valence-electron chi connectivity index (χ0n) is 22.1. The van der Waals surface area contributed by atoms with Gasteiger partial charge < -0.3 is 14.6 Å². The molecule has 6 fully saturated rings. The van der Waals surface area contributed by atoms with Gasteiger partial charge in [0.05, 0.1) is 12.5 Å². The van der Waals surface area contributed by atoms with Crippen molar-refractivity contribution >= 4 is 17.5 Å². The number of aliphatic hydroxyl groups excluding tert-OH is 1. The van der Waals surface area contributed by atoms with E-state index >= 15 is 0 Å². The zero-order valence-corrected chi connectivity index (χ0v) is 22.1. The fourth-order valence-electron chi connectivity index (χ4n) is 11.0. The Kier molecular flexibility index (Phi) is 4.38. The largest absolute Gasteiger partial charge is 0.440 e. The molecule has 3 aliphatic carbocycles. The molecule has 2 saturated carbocycles. The van der Waals surface area contributed by atoms with E-state index in [4.69, 9.17) is 9.47 Å². The van der Waals surface area contributed by atoms with Gasteiger partial charge in [-0.05, 0) is 62.4 Å². The highest BCUT2D eigenvalue weighted by molar-refractivity contribution is 5.99. The molecule has 0 aromatic carbocycles. The number of ether oxygens (including phenoxy) is 2. The maximum Gasteiger partial charge on any atom is 0.308 e. The number of allylic oxidation sites excluding steroid dienone is 2. The summed E-state index contributed by atoms with van der Waals surface area (Å²) in [5.74, 6) is -0.953. The van der Waals surface area contributed by atoms with Gasteiger partial charge in [-0.1, -0.05) is 33.3 Å². The lowest BCUT2D eigenvalue weighted by Gasteiger charge is -2.77. The van der Waals surface area contributed by atoms with Gasteiger partial charge in [0.2, 0.25) is 5.72 Å². The summed E-state index contributed by atoms with van der Waals surface area (Å²) in [5, 5.41) is 12.8. The van der Waals surface area contributed by atoms with Crippen LogP contribution in [0.3, 0.4) is 0 Å². The van der Waals surface area contributed by atoms with Crippen LogP contribution in [0.1, 0.15) is 79.6 Å². The first-order chi connectivity index (χ1) is 16.8. The minimum absolute atomic E-state index is 0.00332. The maximum atomic E-state index is 14.1. The number of esters is 1. The highest BCUT2D eigenvalue weighted by Crippen LogP contribution is 2.77. The molecule has 0 aromatic rings. The lowest BCUT2D eigenvalue weighted by molar-refractivity contribution is -0.411. The molecule has 11 atom stereocenters. The number of ketones is 2. The van der Waals surface area contributed by atoms with Crippen LogP contribution in [0, 0.1) is 39.9 Å². The van der Waals surface area contributed by atoms with E-state index in [9.17, 15) is 19.5 Å². The molecular formula is C29H39NO6. The predicted molar refractivity (Wildman–Crippen MR) is 129 cm³/mol. The topological polar surface area (TPSA) is 93.1 Å². The van der Waals surface area contributed by atoms with Crippen molar-refractivity contribution in [2.45, 2.75) is 103 Å². The van der Waals surface area contributed by atoms with Crippen LogP contribution in [0.5, 0.6) is 0 Å². The van der Waals surface area contributed by atoms with E-state index in [1.807, 2.05) is 13.8 Å². The van der Waals surface area contributed by atoms with E-state index in [0.29, 0.717) is 18.9 Å². The molecule has 7 heteroatoms. The normalized spacial score (nSPS) is 57.7. The van der Waals surface area contributed by atoms with Gasteiger partial charge in [-0.25, -0.2) is 4.90 Å². The molecule has 0 unspecified atom stereocenters. The highest BCUT2D eigenvalue weighted by atomic mass is 16.6. The van der Waals surface area contributed by atoms with Crippen LogP contribution >= 0.6 is 0 Å². The molecule has 4 heterocycles. The average molecular weight is 498 g/mol. The third-order valence-corrected chi connectivity index (χ3v) is 12.4. The quantitative estimate of drug-likeness (QED) is 0.513. The third kappa shape index (κ3) is 2.32. The van der Waals surface area contributed by atoms with Gasteiger partial charge in [0.25, 0.3) is 0 Å². The molecule has 0 amide bonds. The maximum absolute atomic E-state index is 14.1. The number of carbonyl (C=O) groups excluding carboxylic acids is 3. The van der Waals surface area contributed by atoms with Crippen molar-refractivity contribution in [3.05, 3.63) is 11.6 Å². The number of hydrogen-bond acceptors (Lipinski definition) is 7. The first-order valence-corrected chi connectivity index (χ1v) is 13.9. The van der Waals surface area contributed by atoms with Crippen molar-refractivity contribution in [1.29, 1.82) is 0 Å². The lowest BCUT2D eigenvalue weighted by Crippen LogP contribution is -2.87. The van der Waals surface area contributed by atoms with Crippen molar-refractivity contribution in [2.75, 3.05) is 6.54 Å². The SMILES string of the molecule is CC1=CC(=O)[C@H]2CC(=O)[C@H]3[C@](C)([C@@H]2C1)[C@H](O)[C@@]12OC(=O)C[C@]3(C)[C@]1(C)CC[C@]13C[C@@H](C)C[C@H](CN12)O3. The Morgan fingerprint density at radius 1 is 1.11 bits per heavy atom. The van der Waals surface area contributed by atoms with Gasteiger partial charge in [0.15, 0.2) is 5.78 Å². The smallest absolute Gasteiger partial charge is 0.308 e. The van der Waals surface area contributed by atoms with Gasteiger partial charge in [-0.15, -0.1) is 0 Å². The van der Waals surface area contributed by atoms with Crippen LogP contribution in [-0.2, 0) is 23.9 Å². The molecule has 0 aromatic heterocycles. The summed E-state index contributed by atoms with van der Waals surface area (Å²) in [6, 6.07) is 0. The van der Waals surface area contributed by atoms with Crippen molar-refractivity contribution < 1.29 is 29.0 Å². The number of Topliss-reactive ketones (excluding diaryl/α,β-unsaturated/α-hetero) is 1. The minimum Gasteiger partial charge on any atom is -0.440 e. The number of hydrogen-bond donors (Lipinski definition) is 1. The molecule has 4 aliphatic heterocycles. The average Bonchev–Trinajstić information content (AvgIpc) is 3.06. The summed E-state index contributed by atoms with van der Waals surface area (Å²) in [7, 11) is 0. The summed E-state index contributed by atoms with van der Waals surface area (Å²) < 4.78 is 13.2. The number of piperidine rings is 1. The molecule has 4 bridgehead atoms. The molecule has 196 valence electrons. The van der Waals surface area contributed by atoms with Crippen LogP contribution in [-0.4, -0.2) is 57.7 Å². The number of rotatable bonds is 0. The van der Waals surface area contributed by atoms with Gasteiger partial charge >= 0.3 is 5.97 Å². The Labute approximate surface area is 212 Å². The van der Waals surface area contributed by atoms with Gasteiger partial charge in [-0.3, -0.25) is 14.4 Å². The first kappa shape index (κ1) is 23.5. The van der Waals surface area contributed by atoms with Crippen molar-refractivity contribution in [2.24, 2.45) is 39.9 Å². The van der Waals surface area contributed by atoms with Crippen LogP contribution in [0.25, 0.3) is 0 Å². The molecule has 1 spiro atoms. The Balaban J connectivity index is 1.48. The van der Waals surface area contributed by atoms with E-state index in [1.54, 1.807) is 6.08 Å². The number of aliphatic hydroxyl groups is 1. The predicted octanol–water partition coefficient (Wildman–Crippen LogP) is 3.38. The Morgan fingerprint density at radius 2 is 1.86 bits per heavy atom. The van der Waals surface area contributed by atoms with Crippen LogP contribution in [0.15, 0.2) is 11.6 Å². The number of carbonyl (C=O) groups is 3. The van der Waals surface area contributed by atoms with E-state index in [1.165, 1.54) is 0 Å². The summed E-state index contributed by atoms with van der Waals surface area (Å²) in [5.41, 5.74) is -3.09. The fraction of sp³-hybridized carbons (Fsp3) is 0.828. The van der Waals surface area contributed by atoms with Crippen molar-refractivity contribution in [3.63, 3.8) is 0 Å². The molecular weight excluding hydrogens is 458 g/mol. The summed E-state index contributed by atoms with van der Waals surface area (Å²) in [4.78, 5) is 42.9. The van der Waals surface area contributed by atoms with E-state index in [-0.39, 0.29) is 42.4 Å². The molecule has 1 N–H and O–H groups in total. The van der Waals surface area contributed by atoms with Gasteiger partial charge in [0, 0.05) is 35.6 Å². The first-order valence-electron chi connectivity index (χ1n) is 13.9. The Hall–Kier alpha value is -1.57. The van der Waals surface area contributed by atoms with Crippen LogP contribution < -0.4 is 0 Å². The summed E-state index contributed by atoms with van der Waals surface area (Å²) in [6.45, 7) is 11.1. The Bertz CT molecular complexity index is 1130. The van der Waals surface area contributed by atoms with Gasteiger partial charge in [0.1, 0.15) is 17.6 Å². The number of nitrogens with zero attached hydrogens (tertiary/aromatic N) is 1. The van der Waals surface area contributed by atoms with E-state index in [2.05, 4.69) is 25.7 Å². The monoisotopic (exact) mass is 497 g/mol. The summed E-state index contributed by atoms with van der Waals surface area (Å²) >= 11 is 0. The molecule has 7 rings (SSSR count). The van der Waals surface area contributed by atoms with E-state index < -0.39 is 45.6 Å². The van der Waals surface area contributed by atoms with Crippen molar-refractivity contribution in [1.82, 2.24) is 4.90 Å². The second-order valence-electron chi connectivity index (χ2n) is 14.1. The molecule has 7 nitrogen and oxygen atoms in total. The van der Waals surface area contributed by atoms with E-state index in [0.717, 1.165) is 31.3 Å². The Morgan fingerprint density at radius 3 is 2.61 bits per heavy atom. The molecule has 0 radical (unpaired) electrons. The molecule has 7 aliphatic rings. The zero-order chi connectivity index (χ0) is 25.6. The second-order valence-corrected chi connectivity index (χ2v) is 14.1. The van der Waals surface area contributed by atoms with Crippen molar-refractivity contribution in [3.8, 4) is 0 Å². The summed E-state index contributed by atoms with van der Waals surface area (Å²) in [6.07, 6.45) is 4.96. The standard InChI is InChI=1S/C29H39NO6/c1-15-9-19-18(20(31)10-15)11-21(32)23-25(3)13-22(33)36-29(24(34)27(19,23)5)26(25,4)6-7-28-12-16(2)8-17(35-28)14-30(28)29/h10,16-19,23-24,34H,6-9,11-14H2,1-5H3/t16-,17+,18-,19+,23+,24-,25-,26-,27-,28-,29+/m0/s1. The number of fused-ring (bicyclic) bond motifs is 5. The molecule has 4 saturated heterocycles. The fourth-order valence-corrected chi connectivity index (χ4v) is 11.0. The van der Waals surface area contributed by atoms with Crippen LogP contribution in [0.2, 0.25) is 0 Å². The third-order valence-electron chi connectivity index (χ3n) is 12.4. The second kappa shape index (κ2) is 6.70. The van der Waals surface area contributed by atoms with Gasteiger partial charge in [-0.2, -0.15) is 0 Å². The highest BCUT2D eigenvalue weighted by Gasteiger charge is 2.85.